The number of hydrogen-bond donors (Lipinski definition) is 1. The van der Waals surface area contributed by atoms with Gasteiger partial charge in [-0.05, 0) is 83.5 Å². The van der Waals surface area contributed by atoms with Crippen LogP contribution in [0.25, 0.3) is 0 Å². The summed E-state index contributed by atoms with van der Waals surface area (Å²) in [5.41, 5.74) is 0. The number of hydrogen-bond acceptors (Lipinski definition) is 6. The van der Waals surface area contributed by atoms with Gasteiger partial charge in [0.15, 0.2) is 0 Å². The Morgan fingerprint density at radius 2 is 0.797 bits per heavy atom. The zero-order chi connectivity index (χ0) is 50.5. The summed E-state index contributed by atoms with van der Waals surface area (Å²) in [6, 6.07) is 0. The van der Waals surface area contributed by atoms with E-state index in [0.717, 1.165) is 51.4 Å². The average molecular weight is 992 g/mol. The quantitative estimate of drug-likeness (QED) is 0.0213. The van der Waals surface area contributed by atoms with Crippen LogP contribution in [-0.2, 0) is 27.9 Å². The number of phosphoric ester groups is 1. The Kier molecular flexibility index (Phi) is 51.2. The highest BCUT2D eigenvalue weighted by Crippen LogP contribution is 2.43. The number of ether oxygens (including phenoxy) is 2. The summed E-state index contributed by atoms with van der Waals surface area (Å²) in [5.74, 6) is -0.317. The van der Waals surface area contributed by atoms with Crippen molar-refractivity contribution in [1.29, 1.82) is 0 Å². The second-order valence-corrected chi connectivity index (χ2v) is 22.1. The van der Waals surface area contributed by atoms with Crippen LogP contribution in [0, 0.1) is 0 Å². The van der Waals surface area contributed by atoms with Crippen LogP contribution in [0.4, 0.5) is 0 Å². The van der Waals surface area contributed by atoms with Gasteiger partial charge in [-0.1, -0.05) is 229 Å². The van der Waals surface area contributed by atoms with Gasteiger partial charge in [-0.25, -0.2) is 4.57 Å². The normalized spacial score (nSPS) is 13.9. The largest absolute Gasteiger partial charge is 0.472 e. The maximum atomic E-state index is 12.8. The second kappa shape index (κ2) is 52.5. The Balaban J connectivity index is 4.09. The summed E-state index contributed by atoms with van der Waals surface area (Å²) in [6.07, 6.45) is 68.5. The number of rotatable bonds is 54. The molecular formula is C60H113NO7P+. The Morgan fingerprint density at radius 1 is 0.449 bits per heavy atom. The fraction of sp³-hybridized carbons (Fsp3) is 0.817. The third-order valence-electron chi connectivity index (χ3n) is 12.6. The van der Waals surface area contributed by atoms with Gasteiger partial charge in [-0.15, -0.1) is 0 Å². The molecule has 0 saturated heterocycles. The molecule has 0 radical (unpaired) electrons. The highest BCUT2D eigenvalue weighted by molar-refractivity contribution is 7.47. The van der Waals surface area contributed by atoms with Crippen LogP contribution in [-0.4, -0.2) is 75.6 Å². The van der Waals surface area contributed by atoms with E-state index in [-0.39, 0.29) is 25.8 Å². The highest BCUT2D eigenvalue weighted by Gasteiger charge is 2.26. The maximum Gasteiger partial charge on any atom is 0.472 e. The molecule has 0 aromatic heterocycles. The van der Waals surface area contributed by atoms with Crippen molar-refractivity contribution in [1.82, 2.24) is 0 Å². The number of nitrogens with zero attached hydrogens (tertiary/aromatic N) is 1. The fourth-order valence-electron chi connectivity index (χ4n) is 8.06. The van der Waals surface area contributed by atoms with Crippen LogP contribution in [0.3, 0.4) is 0 Å². The number of quaternary nitrogens is 1. The van der Waals surface area contributed by atoms with Crippen molar-refractivity contribution in [2.24, 2.45) is 0 Å². The summed E-state index contributed by atoms with van der Waals surface area (Å²) >= 11 is 0. The van der Waals surface area contributed by atoms with Crippen molar-refractivity contribution in [3.63, 3.8) is 0 Å². The summed E-state index contributed by atoms with van der Waals surface area (Å²) < 4.78 is 35.3. The minimum atomic E-state index is -4.29. The third kappa shape index (κ3) is 57.0. The molecule has 0 fully saturated rings. The lowest BCUT2D eigenvalue weighted by Crippen LogP contribution is -2.37. The van der Waals surface area contributed by atoms with E-state index >= 15 is 0 Å². The van der Waals surface area contributed by atoms with Gasteiger partial charge in [-0.3, -0.25) is 13.8 Å². The minimum Gasteiger partial charge on any atom is -0.457 e. The van der Waals surface area contributed by atoms with E-state index in [0.29, 0.717) is 24.1 Å². The van der Waals surface area contributed by atoms with E-state index in [1.165, 1.54) is 186 Å². The Labute approximate surface area is 428 Å². The van der Waals surface area contributed by atoms with Crippen molar-refractivity contribution in [2.45, 2.75) is 264 Å². The lowest BCUT2D eigenvalue weighted by atomic mass is 10.1. The van der Waals surface area contributed by atoms with Crippen LogP contribution in [0.5, 0.6) is 0 Å². The number of phosphoric acid groups is 1. The number of unbranched alkanes of at least 4 members (excludes halogenated alkanes) is 30. The van der Waals surface area contributed by atoms with Crippen molar-refractivity contribution >= 4 is 13.8 Å². The molecule has 1 N–H and O–H groups in total. The first-order valence-electron chi connectivity index (χ1n) is 29.0. The first-order chi connectivity index (χ1) is 33.6. The zero-order valence-electron chi connectivity index (χ0n) is 46.0. The average Bonchev–Trinajstić information content (AvgIpc) is 3.31. The minimum absolute atomic E-state index is 0.0856. The molecule has 0 aliphatic rings. The highest BCUT2D eigenvalue weighted by atomic mass is 31.2. The van der Waals surface area contributed by atoms with Crippen LogP contribution in [0.2, 0.25) is 0 Å². The molecular weight excluding hydrogens is 878 g/mol. The molecule has 0 aliphatic carbocycles. The lowest BCUT2D eigenvalue weighted by molar-refractivity contribution is -0.870. The predicted molar refractivity (Wildman–Crippen MR) is 298 cm³/mol. The predicted octanol–water partition coefficient (Wildman–Crippen LogP) is 18.4. The van der Waals surface area contributed by atoms with Crippen LogP contribution in [0.15, 0.2) is 60.8 Å². The number of carbonyl (C=O) groups is 1. The van der Waals surface area contributed by atoms with E-state index in [9.17, 15) is 14.3 Å². The maximum absolute atomic E-state index is 12.8. The van der Waals surface area contributed by atoms with Gasteiger partial charge in [0.05, 0.1) is 34.4 Å². The van der Waals surface area contributed by atoms with Gasteiger partial charge >= 0.3 is 13.8 Å². The van der Waals surface area contributed by atoms with Gasteiger partial charge in [0.2, 0.25) is 0 Å². The van der Waals surface area contributed by atoms with Gasteiger partial charge < -0.3 is 18.9 Å². The lowest BCUT2D eigenvalue weighted by Gasteiger charge is -2.24. The molecule has 2 unspecified atom stereocenters. The molecule has 9 heteroatoms. The number of carbonyl (C=O) groups excluding carboxylic acids is 1. The molecule has 0 heterocycles. The van der Waals surface area contributed by atoms with E-state index < -0.39 is 13.9 Å². The molecule has 2 atom stereocenters. The monoisotopic (exact) mass is 991 g/mol. The molecule has 0 aliphatic heterocycles. The number of esters is 1. The second-order valence-electron chi connectivity index (χ2n) is 20.7. The summed E-state index contributed by atoms with van der Waals surface area (Å²) in [4.78, 5) is 23.1. The van der Waals surface area contributed by atoms with Gasteiger partial charge in [0, 0.05) is 13.0 Å². The van der Waals surface area contributed by atoms with Crippen molar-refractivity contribution in [2.75, 3.05) is 54.1 Å². The fourth-order valence-corrected chi connectivity index (χ4v) is 8.80. The summed E-state index contributed by atoms with van der Waals surface area (Å²) in [6.45, 7) is 5.62. The molecule has 0 spiro atoms. The van der Waals surface area contributed by atoms with Gasteiger partial charge in [0.25, 0.3) is 0 Å². The van der Waals surface area contributed by atoms with Crippen molar-refractivity contribution in [3.8, 4) is 0 Å². The Morgan fingerprint density at radius 3 is 1.19 bits per heavy atom. The molecule has 404 valence electrons. The topological polar surface area (TPSA) is 91.3 Å². The molecule has 0 rings (SSSR count). The molecule has 0 aromatic carbocycles. The van der Waals surface area contributed by atoms with E-state index in [1.54, 1.807) is 0 Å². The van der Waals surface area contributed by atoms with Crippen molar-refractivity contribution in [3.05, 3.63) is 60.8 Å². The van der Waals surface area contributed by atoms with Crippen LogP contribution in [0.1, 0.15) is 258 Å². The number of likely N-dealkylation sites (N-methyl/N-ethyl adjacent to an activating group) is 1. The van der Waals surface area contributed by atoms with Crippen molar-refractivity contribution < 1.29 is 37.3 Å². The SMILES string of the molecule is CCCCCCC/C=C\C/C=C\C/C=C\CCCCCCCCCCCCCOCC(COP(=O)(O)OCC[N+](C)(C)C)OC(=O)CCCCCCCCCCC/C=C\C/C=C\CCCCCCC. The molecule has 0 aromatic rings. The number of allylic oxidation sites excluding steroid dienone is 10. The molecule has 69 heavy (non-hydrogen) atoms. The summed E-state index contributed by atoms with van der Waals surface area (Å²) in [7, 11) is 1.66. The van der Waals surface area contributed by atoms with E-state index in [1.807, 2.05) is 21.1 Å². The molecule has 0 bridgehead atoms. The first-order valence-corrected chi connectivity index (χ1v) is 30.5. The smallest absolute Gasteiger partial charge is 0.457 e. The van der Waals surface area contributed by atoms with E-state index in [2.05, 4.69) is 74.6 Å². The third-order valence-corrected chi connectivity index (χ3v) is 13.5. The first kappa shape index (κ1) is 67.2. The van der Waals surface area contributed by atoms with Gasteiger partial charge in [0.1, 0.15) is 19.3 Å². The molecule has 0 saturated carbocycles. The Bertz CT molecular complexity index is 1290. The molecule has 8 nitrogen and oxygen atoms in total. The van der Waals surface area contributed by atoms with E-state index in [4.69, 9.17) is 18.5 Å². The standard InChI is InChI=1S/C60H112NO7P/c1-6-8-10-12-14-16-18-20-22-24-26-28-29-30-31-32-34-36-38-40-42-44-46-48-50-52-55-65-57-59(58-67-69(63,64)66-56-54-61(3,4)5)68-60(62)53-51-49-47-45-43-41-39-37-35-33-27-25-23-21-19-17-15-13-11-9-7-2/h18-21,24-27,29-30,59H,6-17,22-23,28,31-58H2,1-5H3/p+1/b20-18-,21-19-,26-24-,27-25-,30-29-. The molecule has 0 amide bonds. The Hall–Kier alpha value is -1.80. The van der Waals surface area contributed by atoms with Gasteiger partial charge in [-0.2, -0.15) is 0 Å². The van der Waals surface area contributed by atoms with Crippen LogP contribution >= 0.6 is 7.82 Å². The van der Waals surface area contributed by atoms with Crippen LogP contribution < -0.4 is 0 Å². The zero-order valence-corrected chi connectivity index (χ0v) is 46.9. The summed E-state index contributed by atoms with van der Waals surface area (Å²) in [5, 5.41) is 0.